The Hall–Kier alpha value is -1.95. The largest absolute Gasteiger partial charge is 0.409 e. The second kappa shape index (κ2) is 6.22. The average molecular weight is 302 g/mol. The lowest BCUT2D eigenvalue weighted by atomic mass is 10.1. The molecule has 0 bridgehead atoms. The second-order valence-corrected chi connectivity index (χ2v) is 6.20. The predicted molar refractivity (Wildman–Crippen MR) is 88.4 cm³/mol. The molecule has 0 unspecified atom stereocenters. The van der Waals surface area contributed by atoms with E-state index in [-0.39, 0.29) is 5.84 Å². The number of pyridine rings is 1. The zero-order chi connectivity index (χ0) is 14.7. The van der Waals surface area contributed by atoms with E-state index < -0.39 is 0 Å². The lowest BCUT2D eigenvalue weighted by Crippen LogP contribution is -2.29. The molecule has 3 N–H and O–H groups in total. The van der Waals surface area contributed by atoms with E-state index in [0.717, 1.165) is 41.9 Å². The van der Waals surface area contributed by atoms with Gasteiger partial charge in [0.1, 0.15) is 0 Å². The fourth-order valence-corrected chi connectivity index (χ4v) is 3.57. The standard InChI is InChI=1S/C15H18N4OS/c16-15(18-20)12-10-17-13-5-2-1-4-11(13)14(12)19-6-3-8-21-9-7-19/h1-2,4-5,10,20H,3,6-9H2,(H2,16,18). The molecule has 0 atom stereocenters. The van der Waals surface area contributed by atoms with E-state index in [4.69, 9.17) is 10.9 Å². The van der Waals surface area contributed by atoms with Crippen LogP contribution < -0.4 is 10.6 Å². The number of para-hydroxylation sites is 1. The summed E-state index contributed by atoms with van der Waals surface area (Å²) in [5.74, 6) is 2.38. The fraction of sp³-hybridized carbons (Fsp3) is 0.333. The third kappa shape index (κ3) is 2.76. The molecule has 1 aromatic carbocycles. The molecule has 0 amide bonds. The van der Waals surface area contributed by atoms with Crippen LogP contribution in [0.4, 0.5) is 5.69 Å². The van der Waals surface area contributed by atoms with E-state index in [1.54, 1.807) is 6.20 Å². The smallest absolute Gasteiger partial charge is 0.173 e. The van der Waals surface area contributed by atoms with Gasteiger partial charge in [0.15, 0.2) is 5.84 Å². The summed E-state index contributed by atoms with van der Waals surface area (Å²) in [6.45, 7) is 1.94. The summed E-state index contributed by atoms with van der Waals surface area (Å²) >= 11 is 1.97. The van der Waals surface area contributed by atoms with Gasteiger partial charge in [-0.3, -0.25) is 4.98 Å². The molecule has 1 aliphatic heterocycles. The minimum Gasteiger partial charge on any atom is -0.409 e. The molecule has 1 aliphatic rings. The highest BCUT2D eigenvalue weighted by Gasteiger charge is 2.19. The van der Waals surface area contributed by atoms with Crippen LogP contribution in [0.2, 0.25) is 0 Å². The number of hydrogen-bond donors (Lipinski definition) is 2. The molecular weight excluding hydrogens is 284 g/mol. The minimum atomic E-state index is 0.111. The van der Waals surface area contributed by atoms with Gasteiger partial charge in [-0.15, -0.1) is 0 Å². The molecule has 2 heterocycles. The topological polar surface area (TPSA) is 74.7 Å². The third-order valence-electron chi connectivity index (χ3n) is 3.67. The number of thioether (sulfide) groups is 1. The first-order valence-electron chi connectivity index (χ1n) is 6.99. The molecule has 110 valence electrons. The first-order chi connectivity index (χ1) is 10.3. The SMILES string of the molecule is NC(=NO)c1cnc2ccccc2c1N1CCCSCC1. The number of benzene rings is 1. The highest BCUT2D eigenvalue weighted by molar-refractivity contribution is 7.99. The van der Waals surface area contributed by atoms with E-state index in [9.17, 15) is 0 Å². The van der Waals surface area contributed by atoms with Gasteiger partial charge < -0.3 is 15.8 Å². The Balaban J connectivity index is 2.19. The van der Waals surface area contributed by atoms with Gasteiger partial charge in [0.2, 0.25) is 0 Å². The molecule has 0 radical (unpaired) electrons. The highest BCUT2D eigenvalue weighted by atomic mass is 32.2. The molecule has 1 fully saturated rings. The maximum Gasteiger partial charge on any atom is 0.173 e. The van der Waals surface area contributed by atoms with Crippen LogP contribution in [0, 0.1) is 0 Å². The maximum absolute atomic E-state index is 9.05. The van der Waals surface area contributed by atoms with Crippen LogP contribution in [0.1, 0.15) is 12.0 Å². The molecule has 2 aromatic rings. The Labute approximate surface area is 127 Å². The van der Waals surface area contributed by atoms with Gasteiger partial charge in [-0.05, 0) is 18.2 Å². The van der Waals surface area contributed by atoms with E-state index in [1.807, 2.05) is 36.0 Å². The third-order valence-corrected chi connectivity index (χ3v) is 4.72. The fourth-order valence-electron chi connectivity index (χ4n) is 2.68. The molecule has 0 saturated carbocycles. The molecule has 5 nitrogen and oxygen atoms in total. The van der Waals surface area contributed by atoms with Gasteiger partial charge in [0.05, 0.1) is 16.8 Å². The Morgan fingerprint density at radius 3 is 3.00 bits per heavy atom. The molecule has 1 aromatic heterocycles. The molecule has 6 heteroatoms. The first kappa shape index (κ1) is 14.0. The lowest BCUT2D eigenvalue weighted by Gasteiger charge is -2.26. The number of nitrogens with two attached hydrogens (primary N) is 1. The molecule has 1 saturated heterocycles. The van der Waals surface area contributed by atoms with Crippen molar-refractivity contribution in [3.05, 3.63) is 36.0 Å². The quantitative estimate of drug-likeness (QED) is 0.385. The molecule has 0 spiro atoms. The van der Waals surface area contributed by atoms with Gasteiger partial charge >= 0.3 is 0 Å². The molecular formula is C15H18N4OS. The van der Waals surface area contributed by atoms with Gasteiger partial charge in [-0.1, -0.05) is 23.4 Å². The predicted octanol–water partition coefficient (Wildman–Crippen LogP) is 2.27. The number of nitrogens with zero attached hydrogens (tertiary/aromatic N) is 3. The van der Waals surface area contributed by atoms with Crippen molar-refractivity contribution in [1.82, 2.24) is 4.98 Å². The zero-order valence-electron chi connectivity index (χ0n) is 11.7. The van der Waals surface area contributed by atoms with Crippen LogP contribution in [0.25, 0.3) is 10.9 Å². The van der Waals surface area contributed by atoms with Crippen molar-refractivity contribution in [3.63, 3.8) is 0 Å². The van der Waals surface area contributed by atoms with Crippen molar-refractivity contribution in [2.75, 3.05) is 29.5 Å². The van der Waals surface area contributed by atoms with Crippen molar-refractivity contribution in [1.29, 1.82) is 0 Å². The summed E-state index contributed by atoms with van der Waals surface area (Å²) in [7, 11) is 0. The van der Waals surface area contributed by atoms with Crippen molar-refractivity contribution in [3.8, 4) is 0 Å². The molecule has 21 heavy (non-hydrogen) atoms. The number of oxime groups is 1. The van der Waals surface area contributed by atoms with Crippen LogP contribution in [-0.4, -0.2) is 40.6 Å². The highest BCUT2D eigenvalue weighted by Crippen LogP contribution is 2.31. The van der Waals surface area contributed by atoms with Crippen LogP contribution in [-0.2, 0) is 0 Å². The van der Waals surface area contributed by atoms with Crippen LogP contribution >= 0.6 is 11.8 Å². The summed E-state index contributed by atoms with van der Waals surface area (Å²) in [5, 5.41) is 13.3. The van der Waals surface area contributed by atoms with Crippen LogP contribution in [0.3, 0.4) is 0 Å². The van der Waals surface area contributed by atoms with Gasteiger partial charge in [0, 0.05) is 30.4 Å². The number of amidine groups is 1. The Morgan fingerprint density at radius 1 is 1.29 bits per heavy atom. The Kier molecular flexibility index (Phi) is 4.15. The lowest BCUT2D eigenvalue weighted by molar-refractivity contribution is 0.318. The number of aromatic nitrogens is 1. The van der Waals surface area contributed by atoms with E-state index >= 15 is 0 Å². The number of anilines is 1. The summed E-state index contributed by atoms with van der Waals surface area (Å²) in [6, 6.07) is 8.00. The summed E-state index contributed by atoms with van der Waals surface area (Å²) in [4.78, 5) is 6.76. The maximum atomic E-state index is 9.05. The normalized spacial score (nSPS) is 17.0. The zero-order valence-corrected chi connectivity index (χ0v) is 12.5. The second-order valence-electron chi connectivity index (χ2n) is 4.98. The van der Waals surface area contributed by atoms with Crippen molar-refractivity contribution in [2.24, 2.45) is 10.9 Å². The van der Waals surface area contributed by atoms with Crippen molar-refractivity contribution < 1.29 is 5.21 Å². The first-order valence-corrected chi connectivity index (χ1v) is 8.15. The summed E-state index contributed by atoms with van der Waals surface area (Å²) in [5.41, 5.74) is 8.51. The number of rotatable bonds is 2. The van der Waals surface area contributed by atoms with E-state index in [0.29, 0.717) is 5.56 Å². The Morgan fingerprint density at radius 2 is 2.14 bits per heavy atom. The summed E-state index contributed by atoms with van der Waals surface area (Å²) < 4.78 is 0. The minimum absolute atomic E-state index is 0.111. The van der Waals surface area contributed by atoms with E-state index in [2.05, 4.69) is 15.0 Å². The number of hydrogen-bond acceptors (Lipinski definition) is 5. The average Bonchev–Trinajstić information content (AvgIpc) is 2.82. The van der Waals surface area contributed by atoms with Gasteiger partial charge in [-0.2, -0.15) is 11.8 Å². The van der Waals surface area contributed by atoms with Crippen LogP contribution in [0.15, 0.2) is 35.6 Å². The van der Waals surface area contributed by atoms with Crippen LogP contribution in [0.5, 0.6) is 0 Å². The molecule has 3 rings (SSSR count). The monoisotopic (exact) mass is 302 g/mol. The van der Waals surface area contributed by atoms with Gasteiger partial charge in [0.25, 0.3) is 0 Å². The van der Waals surface area contributed by atoms with Crippen molar-refractivity contribution >= 4 is 34.2 Å². The number of fused-ring (bicyclic) bond motifs is 1. The van der Waals surface area contributed by atoms with Gasteiger partial charge in [-0.25, -0.2) is 0 Å². The Bertz CT molecular complexity index is 666. The summed E-state index contributed by atoms with van der Waals surface area (Å²) in [6.07, 6.45) is 2.84. The van der Waals surface area contributed by atoms with E-state index in [1.165, 1.54) is 5.75 Å². The molecule has 0 aliphatic carbocycles. The van der Waals surface area contributed by atoms with Crippen molar-refractivity contribution in [2.45, 2.75) is 6.42 Å².